The van der Waals surface area contributed by atoms with E-state index in [-0.39, 0.29) is 11.2 Å². The van der Waals surface area contributed by atoms with Crippen LogP contribution >= 0.6 is 0 Å². The molecule has 0 saturated carbocycles. The largest absolute Gasteiger partial charge is 0.496 e. The maximum absolute atomic E-state index is 13.3. The summed E-state index contributed by atoms with van der Waals surface area (Å²) in [4.78, 5) is 15.2. The van der Waals surface area contributed by atoms with E-state index in [4.69, 9.17) is 15.2 Å². The van der Waals surface area contributed by atoms with Gasteiger partial charge in [0.2, 0.25) is 0 Å². The predicted molar refractivity (Wildman–Crippen MR) is 106 cm³/mol. The number of ether oxygens (including phenoxy) is 2. The molecule has 0 saturated heterocycles. The number of nitriles is 1. The number of hydrogen-bond donors (Lipinski definition) is 1. The highest BCUT2D eigenvalue weighted by Crippen LogP contribution is 2.50. The van der Waals surface area contributed by atoms with Crippen molar-refractivity contribution in [2.45, 2.75) is 32.6 Å². The van der Waals surface area contributed by atoms with Crippen LogP contribution in [0.3, 0.4) is 0 Å². The fourth-order valence-electron chi connectivity index (χ4n) is 4.23. The Morgan fingerprint density at radius 3 is 2.64 bits per heavy atom. The minimum atomic E-state index is -0.515. The van der Waals surface area contributed by atoms with Crippen LogP contribution in [0.25, 0.3) is 0 Å². The molecule has 1 aromatic rings. The summed E-state index contributed by atoms with van der Waals surface area (Å²) in [5.74, 6) is 0.575. The number of nitrogens with two attached hydrogens (primary N) is 1. The molecule has 0 radical (unpaired) electrons. The number of para-hydroxylation sites is 1. The maximum atomic E-state index is 13.3. The van der Waals surface area contributed by atoms with Crippen molar-refractivity contribution in [1.82, 2.24) is 4.90 Å². The van der Waals surface area contributed by atoms with Crippen LogP contribution in [0, 0.1) is 16.7 Å². The Labute approximate surface area is 166 Å². The van der Waals surface area contributed by atoms with Gasteiger partial charge >= 0.3 is 0 Å². The van der Waals surface area contributed by atoms with E-state index in [1.54, 1.807) is 14.2 Å². The van der Waals surface area contributed by atoms with Crippen LogP contribution in [0.1, 0.15) is 38.2 Å². The summed E-state index contributed by atoms with van der Waals surface area (Å²) in [6.07, 6.45) is 1.15. The molecule has 1 atom stereocenters. The molecular formula is C22H27N3O3. The van der Waals surface area contributed by atoms with Crippen molar-refractivity contribution >= 4 is 5.78 Å². The van der Waals surface area contributed by atoms with Crippen LogP contribution < -0.4 is 10.5 Å². The molecule has 0 unspecified atom stereocenters. The van der Waals surface area contributed by atoms with Gasteiger partial charge in [-0.05, 0) is 17.9 Å². The van der Waals surface area contributed by atoms with E-state index in [1.165, 1.54) is 0 Å². The second-order valence-corrected chi connectivity index (χ2v) is 8.03. The van der Waals surface area contributed by atoms with Crippen molar-refractivity contribution in [3.05, 3.63) is 52.5 Å². The van der Waals surface area contributed by atoms with Gasteiger partial charge in [0.05, 0.1) is 31.3 Å². The molecule has 1 aliphatic heterocycles. The number of methoxy groups -OCH3 is 2. The quantitative estimate of drug-likeness (QED) is 0.843. The van der Waals surface area contributed by atoms with Crippen molar-refractivity contribution in [2.24, 2.45) is 11.1 Å². The van der Waals surface area contributed by atoms with Crippen LogP contribution in [0.5, 0.6) is 5.75 Å². The lowest BCUT2D eigenvalue weighted by Crippen LogP contribution is -2.43. The highest BCUT2D eigenvalue weighted by molar-refractivity contribution is 6.00. The van der Waals surface area contributed by atoms with E-state index in [0.29, 0.717) is 48.7 Å². The lowest BCUT2D eigenvalue weighted by Gasteiger charge is -2.43. The molecule has 1 aliphatic carbocycles. The summed E-state index contributed by atoms with van der Waals surface area (Å²) < 4.78 is 10.8. The van der Waals surface area contributed by atoms with E-state index in [0.717, 1.165) is 11.3 Å². The number of nitrogens with zero attached hydrogens (tertiary/aromatic N) is 2. The lowest BCUT2D eigenvalue weighted by molar-refractivity contribution is -0.118. The van der Waals surface area contributed by atoms with Gasteiger partial charge in [0.1, 0.15) is 11.6 Å². The summed E-state index contributed by atoms with van der Waals surface area (Å²) in [7, 11) is 3.21. The smallest absolute Gasteiger partial charge is 0.162 e. The molecule has 148 valence electrons. The number of benzene rings is 1. The molecule has 6 nitrogen and oxygen atoms in total. The van der Waals surface area contributed by atoms with Gasteiger partial charge in [-0.2, -0.15) is 5.26 Å². The number of rotatable bonds is 5. The van der Waals surface area contributed by atoms with Crippen molar-refractivity contribution in [3.63, 3.8) is 0 Å². The Bertz CT molecular complexity index is 893. The van der Waals surface area contributed by atoms with Crippen molar-refractivity contribution < 1.29 is 14.3 Å². The molecule has 1 heterocycles. The van der Waals surface area contributed by atoms with Gasteiger partial charge in [-0.15, -0.1) is 0 Å². The average molecular weight is 381 g/mol. The fourth-order valence-corrected chi connectivity index (χ4v) is 4.23. The number of carbonyl (C=O) groups excluding carboxylic acids is 1. The van der Waals surface area contributed by atoms with E-state index < -0.39 is 5.92 Å². The fraction of sp³-hybridized carbons (Fsp3) is 0.455. The van der Waals surface area contributed by atoms with Gasteiger partial charge in [0.15, 0.2) is 5.78 Å². The van der Waals surface area contributed by atoms with Gasteiger partial charge in [0.25, 0.3) is 0 Å². The Morgan fingerprint density at radius 1 is 1.29 bits per heavy atom. The second-order valence-electron chi connectivity index (χ2n) is 8.03. The maximum Gasteiger partial charge on any atom is 0.162 e. The van der Waals surface area contributed by atoms with E-state index >= 15 is 0 Å². The molecule has 28 heavy (non-hydrogen) atoms. The second kappa shape index (κ2) is 7.69. The molecule has 1 aromatic carbocycles. The first-order chi connectivity index (χ1) is 13.3. The minimum absolute atomic E-state index is 0.0600. The zero-order chi connectivity index (χ0) is 20.5. The summed E-state index contributed by atoms with van der Waals surface area (Å²) in [5, 5.41) is 9.96. The first-order valence-electron chi connectivity index (χ1n) is 9.40. The van der Waals surface area contributed by atoms with Gasteiger partial charge in [0, 0.05) is 36.9 Å². The Morgan fingerprint density at radius 2 is 2.00 bits per heavy atom. The highest BCUT2D eigenvalue weighted by atomic mass is 16.5. The van der Waals surface area contributed by atoms with Crippen LogP contribution in [0.15, 0.2) is 46.9 Å². The number of Topliss-reactive ketones (excluding diaryl/α,β-unsaturated/α-hetero) is 1. The third-order valence-electron chi connectivity index (χ3n) is 5.46. The molecule has 0 aromatic heterocycles. The zero-order valence-corrected chi connectivity index (χ0v) is 16.9. The molecule has 2 N–H and O–H groups in total. The standard InChI is InChI=1S/C22H27N3O3/c1-22(2)11-16-20(17(26)12-22)19(14-7-5-6-8-18(14)28-4)15(13-23)21(24)25(16)9-10-27-3/h5-8,19H,9-12,24H2,1-4H3/t19-/m0/s1. The SMILES string of the molecule is COCCN1C(N)=C(C#N)[C@H](c2ccccc2OC)C2=C1CC(C)(C)CC2=O. The molecular weight excluding hydrogens is 354 g/mol. The minimum Gasteiger partial charge on any atom is -0.496 e. The van der Waals surface area contributed by atoms with E-state index in [9.17, 15) is 10.1 Å². The summed E-state index contributed by atoms with van der Waals surface area (Å²) >= 11 is 0. The molecule has 0 amide bonds. The van der Waals surface area contributed by atoms with Crippen molar-refractivity contribution in [3.8, 4) is 11.8 Å². The first-order valence-corrected chi connectivity index (χ1v) is 9.40. The Kier molecular flexibility index (Phi) is 5.48. The zero-order valence-electron chi connectivity index (χ0n) is 16.9. The normalized spacial score (nSPS) is 21.5. The molecule has 2 aliphatic rings. The third-order valence-corrected chi connectivity index (χ3v) is 5.46. The molecule has 0 fully saturated rings. The van der Waals surface area contributed by atoms with Crippen LogP contribution in [-0.2, 0) is 9.53 Å². The van der Waals surface area contributed by atoms with E-state index in [2.05, 4.69) is 19.9 Å². The van der Waals surface area contributed by atoms with Gasteiger partial charge in [-0.25, -0.2) is 0 Å². The lowest BCUT2D eigenvalue weighted by atomic mass is 9.68. The number of allylic oxidation sites excluding steroid dienone is 3. The molecule has 6 heteroatoms. The summed E-state index contributed by atoms with van der Waals surface area (Å²) in [6, 6.07) is 9.76. The topological polar surface area (TPSA) is 88.6 Å². The monoisotopic (exact) mass is 381 g/mol. The number of ketones is 1. The predicted octanol–water partition coefficient (Wildman–Crippen LogP) is 3.08. The summed E-state index contributed by atoms with van der Waals surface area (Å²) in [6.45, 7) is 5.11. The van der Waals surface area contributed by atoms with Gasteiger partial charge in [-0.1, -0.05) is 32.0 Å². The van der Waals surface area contributed by atoms with Crippen LogP contribution in [0.4, 0.5) is 0 Å². The summed E-state index contributed by atoms with van der Waals surface area (Å²) in [5.41, 5.74) is 9.03. The molecule has 0 spiro atoms. The highest BCUT2D eigenvalue weighted by Gasteiger charge is 2.44. The van der Waals surface area contributed by atoms with Crippen molar-refractivity contribution in [2.75, 3.05) is 27.4 Å². The van der Waals surface area contributed by atoms with Crippen LogP contribution in [0.2, 0.25) is 0 Å². The number of hydrogen-bond acceptors (Lipinski definition) is 6. The average Bonchev–Trinajstić information content (AvgIpc) is 2.65. The number of carbonyl (C=O) groups is 1. The van der Waals surface area contributed by atoms with Crippen molar-refractivity contribution in [1.29, 1.82) is 5.26 Å². The molecule has 3 rings (SSSR count). The Balaban J connectivity index is 2.26. The molecule has 0 bridgehead atoms. The first kappa shape index (κ1) is 20.0. The third kappa shape index (κ3) is 3.38. The Hall–Kier alpha value is -2.78. The van der Waals surface area contributed by atoms with Crippen LogP contribution in [-0.4, -0.2) is 38.1 Å². The van der Waals surface area contributed by atoms with Gasteiger partial charge in [-0.3, -0.25) is 4.79 Å². The van der Waals surface area contributed by atoms with E-state index in [1.807, 2.05) is 29.2 Å². The van der Waals surface area contributed by atoms with Gasteiger partial charge < -0.3 is 20.1 Å².